The molecule has 8 nitrogen and oxygen atoms in total. The number of H-pyrrole nitrogens is 1. The van der Waals surface area contributed by atoms with E-state index in [2.05, 4.69) is 10.3 Å². The van der Waals surface area contributed by atoms with Crippen LogP contribution in [0.4, 0.5) is 8.63 Å². The second kappa shape index (κ2) is 15.7. The zero-order valence-electron chi connectivity index (χ0n) is 27.0. The summed E-state index contributed by atoms with van der Waals surface area (Å²) < 4.78 is 50.1. The molecule has 2 aromatic carbocycles. The van der Waals surface area contributed by atoms with Gasteiger partial charge >= 0.3 is 6.84 Å². The average Bonchev–Trinajstić information content (AvgIpc) is 3.86. The Hall–Kier alpha value is -4.32. The highest BCUT2D eigenvalue weighted by molar-refractivity contribution is 6.63. The van der Waals surface area contributed by atoms with Crippen LogP contribution in [0.3, 0.4) is 0 Å². The number of aromatic nitrogens is 1. The Bertz CT molecular complexity index is 1740. The fourth-order valence-electron chi connectivity index (χ4n) is 6.59. The van der Waals surface area contributed by atoms with Gasteiger partial charge in [0.05, 0.1) is 25.9 Å². The summed E-state index contributed by atoms with van der Waals surface area (Å²) in [5.41, 5.74) is 2.76. The van der Waals surface area contributed by atoms with Gasteiger partial charge in [0.15, 0.2) is 11.4 Å². The fraction of sp³-hybridized carbons (Fsp3) is 0.351. The van der Waals surface area contributed by atoms with Crippen molar-refractivity contribution < 1.29 is 37.2 Å². The molecule has 3 heterocycles. The SMILES string of the molecule is O=C(CCC1=CC=C2C=C3C=CC(c4ccc[nH]4)=[N+]3[B-](F)(F)C21)NCCOCCOCCCC[C@H](O)COc1cccc2ccccc12. The molecular weight excluding hydrogens is 615 g/mol. The number of aliphatic hydroxyl groups excluding tert-OH is 1. The number of halogens is 2. The van der Waals surface area contributed by atoms with E-state index in [0.717, 1.165) is 33.9 Å². The van der Waals surface area contributed by atoms with Crippen LogP contribution in [-0.2, 0) is 14.3 Å². The molecule has 1 amide bonds. The minimum absolute atomic E-state index is 0.130. The number of rotatable bonds is 18. The topological polar surface area (TPSA) is 95.8 Å². The zero-order valence-corrected chi connectivity index (χ0v) is 27.0. The standard InChI is InChI=1S/C37H42BF2N3O5/c39-38(40)37-28(13-14-29(37)25-30-16-17-34(43(30)38)33-11-6-19-41-33)15-18-36(45)42-20-22-47-24-23-46-21-4-3-9-31(44)26-48-35-12-5-8-27-7-1-2-10-32(27)35/h1-2,5-8,10-14,16-17,19,25,31,37,41,44H,3-4,9,15,18,20-24,26H2,(H,42,45)/t31-,37?/m0/s1. The third-order valence-corrected chi connectivity index (χ3v) is 8.97. The lowest BCUT2D eigenvalue weighted by molar-refractivity contribution is -0.360. The van der Waals surface area contributed by atoms with E-state index in [1.807, 2.05) is 48.5 Å². The number of unbranched alkanes of at least 4 members (excludes halogenated alkanes) is 1. The van der Waals surface area contributed by atoms with Crippen LogP contribution in [0.2, 0.25) is 5.82 Å². The second-order valence-electron chi connectivity index (χ2n) is 12.3. The lowest BCUT2D eigenvalue weighted by atomic mass is 9.56. The number of carbonyl (C=O) groups is 1. The Kier molecular flexibility index (Phi) is 11.0. The van der Waals surface area contributed by atoms with Crippen molar-refractivity contribution in [3.63, 3.8) is 0 Å². The largest absolute Gasteiger partial charge is 0.625 e. The van der Waals surface area contributed by atoms with E-state index in [4.69, 9.17) is 14.2 Å². The van der Waals surface area contributed by atoms with Crippen molar-refractivity contribution in [2.45, 2.75) is 44.0 Å². The van der Waals surface area contributed by atoms with Crippen molar-refractivity contribution in [2.24, 2.45) is 0 Å². The second-order valence-corrected chi connectivity index (χ2v) is 12.3. The van der Waals surface area contributed by atoms with E-state index in [-0.39, 0.29) is 25.4 Å². The molecule has 1 aliphatic carbocycles. The molecule has 0 fully saturated rings. The third-order valence-electron chi connectivity index (χ3n) is 8.97. The molecule has 0 saturated carbocycles. The quantitative estimate of drug-likeness (QED) is 0.114. The number of fused-ring (bicyclic) bond motifs is 3. The first-order valence-corrected chi connectivity index (χ1v) is 16.8. The summed E-state index contributed by atoms with van der Waals surface area (Å²) in [5, 5.41) is 15.3. The Morgan fingerprint density at radius 2 is 1.81 bits per heavy atom. The first kappa shape index (κ1) is 33.6. The molecule has 11 heteroatoms. The van der Waals surface area contributed by atoms with Crippen LogP contribution in [0.5, 0.6) is 5.75 Å². The van der Waals surface area contributed by atoms with E-state index in [1.54, 1.807) is 42.6 Å². The predicted molar refractivity (Wildman–Crippen MR) is 183 cm³/mol. The van der Waals surface area contributed by atoms with Crippen molar-refractivity contribution >= 4 is 29.2 Å². The molecule has 48 heavy (non-hydrogen) atoms. The molecule has 3 aliphatic rings. The number of ether oxygens (including phenoxy) is 3. The van der Waals surface area contributed by atoms with Gasteiger partial charge in [-0.15, -0.1) is 0 Å². The normalized spacial score (nSPS) is 18.3. The Morgan fingerprint density at radius 3 is 2.67 bits per heavy atom. The van der Waals surface area contributed by atoms with Crippen LogP contribution >= 0.6 is 0 Å². The number of hydrogen-bond donors (Lipinski definition) is 3. The van der Waals surface area contributed by atoms with E-state index in [1.165, 1.54) is 0 Å². The molecule has 0 bridgehead atoms. The number of aromatic amines is 1. The van der Waals surface area contributed by atoms with Crippen LogP contribution in [0.25, 0.3) is 10.8 Å². The number of hydrogen-bond acceptors (Lipinski definition) is 5. The number of benzene rings is 2. The van der Waals surface area contributed by atoms with E-state index in [0.29, 0.717) is 67.6 Å². The minimum atomic E-state index is -3.97. The Labute approximate surface area is 279 Å². The van der Waals surface area contributed by atoms with Gasteiger partial charge in [-0.2, -0.15) is 0 Å². The summed E-state index contributed by atoms with van der Waals surface area (Å²) in [7, 11) is 0. The summed E-state index contributed by atoms with van der Waals surface area (Å²) in [5.74, 6) is -0.453. The number of aliphatic hydroxyl groups is 1. The van der Waals surface area contributed by atoms with Gasteiger partial charge in [0.2, 0.25) is 5.91 Å². The third kappa shape index (κ3) is 7.86. The van der Waals surface area contributed by atoms with Crippen molar-refractivity contribution in [1.82, 2.24) is 10.3 Å². The molecule has 0 radical (unpaired) electrons. The van der Waals surface area contributed by atoms with E-state index >= 15 is 8.63 Å². The fourth-order valence-corrected chi connectivity index (χ4v) is 6.59. The van der Waals surface area contributed by atoms with Crippen molar-refractivity contribution in [3.05, 3.63) is 114 Å². The Morgan fingerprint density at radius 1 is 0.979 bits per heavy atom. The molecule has 2 atom stereocenters. The van der Waals surface area contributed by atoms with Gasteiger partial charge in [-0.3, -0.25) is 4.79 Å². The van der Waals surface area contributed by atoms with Gasteiger partial charge in [0.1, 0.15) is 18.1 Å². The summed E-state index contributed by atoms with van der Waals surface area (Å²) in [4.78, 5) is 15.5. The maximum atomic E-state index is 16.0. The molecule has 0 spiro atoms. The highest BCUT2D eigenvalue weighted by Crippen LogP contribution is 2.50. The van der Waals surface area contributed by atoms with Gasteiger partial charge in [0.25, 0.3) is 0 Å². The van der Waals surface area contributed by atoms with Crippen LogP contribution in [0.1, 0.15) is 37.8 Å². The van der Waals surface area contributed by atoms with Gasteiger partial charge in [-0.25, -0.2) is 0 Å². The summed E-state index contributed by atoms with van der Waals surface area (Å²) in [6, 6.07) is 17.5. The van der Waals surface area contributed by atoms with E-state index in [9.17, 15) is 9.90 Å². The summed E-state index contributed by atoms with van der Waals surface area (Å²) in [6.45, 7) is -1.64. The number of nitrogens with one attached hydrogen (secondary N) is 2. The van der Waals surface area contributed by atoms with Crippen LogP contribution in [-0.4, -0.2) is 78.7 Å². The van der Waals surface area contributed by atoms with Gasteiger partial charge in [-0.1, -0.05) is 59.7 Å². The molecule has 3 aromatic rings. The number of allylic oxidation sites excluding steroid dienone is 7. The first-order valence-electron chi connectivity index (χ1n) is 16.8. The number of carbonyl (C=O) groups excluding carboxylic acids is 1. The Balaban J connectivity index is 0.800. The monoisotopic (exact) mass is 657 g/mol. The van der Waals surface area contributed by atoms with E-state index < -0.39 is 18.8 Å². The molecule has 1 unspecified atom stereocenters. The molecule has 6 rings (SSSR count). The van der Waals surface area contributed by atoms with Crippen molar-refractivity contribution in [1.29, 1.82) is 0 Å². The van der Waals surface area contributed by atoms with Gasteiger partial charge < -0.3 is 42.7 Å². The highest BCUT2D eigenvalue weighted by Gasteiger charge is 2.57. The summed E-state index contributed by atoms with van der Waals surface area (Å²) in [6.07, 6.45) is 12.6. The van der Waals surface area contributed by atoms with Gasteiger partial charge in [-0.05, 0) is 49.3 Å². The summed E-state index contributed by atoms with van der Waals surface area (Å²) >= 11 is 0. The maximum absolute atomic E-state index is 16.0. The molecule has 0 saturated heterocycles. The van der Waals surface area contributed by atoms with Gasteiger partial charge in [0, 0.05) is 55.2 Å². The minimum Gasteiger partial charge on any atom is -0.490 e. The molecule has 252 valence electrons. The molecule has 3 N–H and O–H groups in total. The first-order chi connectivity index (χ1) is 23.4. The van der Waals surface area contributed by atoms with Crippen molar-refractivity contribution in [2.75, 3.05) is 39.6 Å². The number of amides is 1. The lowest BCUT2D eigenvalue weighted by Gasteiger charge is -2.34. The maximum Gasteiger partial charge on any atom is 0.625 e. The highest BCUT2D eigenvalue weighted by atomic mass is 19.2. The van der Waals surface area contributed by atoms with Crippen LogP contribution in [0, 0.1) is 0 Å². The molecular formula is C37H42BF2N3O5. The smallest absolute Gasteiger partial charge is 0.490 e. The molecule has 1 aromatic heterocycles. The number of nitrogens with zero attached hydrogens (tertiary/aromatic N) is 1. The molecule has 2 aliphatic heterocycles. The van der Waals surface area contributed by atoms with Crippen molar-refractivity contribution in [3.8, 4) is 5.75 Å². The average molecular weight is 658 g/mol. The predicted octanol–water partition coefficient (Wildman–Crippen LogP) is 6.09. The van der Waals surface area contributed by atoms with Crippen LogP contribution in [0.15, 0.2) is 108 Å². The lowest BCUT2D eigenvalue weighted by Crippen LogP contribution is -2.48. The van der Waals surface area contributed by atoms with Crippen LogP contribution < -0.4 is 10.1 Å². The zero-order chi connectivity index (χ0) is 33.3.